The first-order chi connectivity index (χ1) is 6.95. The largest absolute Gasteiger partial charge is 0.353 e. The van der Waals surface area contributed by atoms with E-state index in [0.29, 0.717) is 18.4 Å². The molecular weight excluding hydrogens is 186 g/mol. The summed E-state index contributed by atoms with van der Waals surface area (Å²) in [4.78, 5) is 11.2. The second kappa shape index (κ2) is 7.49. The third kappa shape index (κ3) is 11.1. The summed E-state index contributed by atoms with van der Waals surface area (Å²) in [6.07, 6.45) is 6.97. The number of hydrogen-bond donors (Lipinski definition) is 1. The van der Waals surface area contributed by atoms with E-state index in [1.165, 1.54) is 12.8 Å². The van der Waals surface area contributed by atoms with Gasteiger partial charge in [0.2, 0.25) is 5.91 Å². The van der Waals surface area contributed by atoms with Crippen molar-refractivity contribution in [1.82, 2.24) is 5.32 Å². The second-order valence-electron chi connectivity index (χ2n) is 5.21. The summed E-state index contributed by atoms with van der Waals surface area (Å²) in [6, 6.07) is 0. The monoisotopic (exact) mass is 211 g/mol. The highest BCUT2D eigenvalue weighted by Crippen LogP contribution is 2.22. The smallest absolute Gasteiger partial charge is 0.220 e. The zero-order chi connectivity index (χ0) is 11.7. The Morgan fingerprint density at radius 1 is 1.27 bits per heavy atom. The van der Waals surface area contributed by atoms with Crippen LogP contribution in [0.15, 0.2) is 12.7 Å². The first kappa shape index (κ1) is 14.2. The minimum absolute atomic E-state index is 0.144. The van der Waals surface area contributed by atoms with Crippen LogP contribution in [-0.2, 0) is 4.79 Å². The summed E-state index contributed by atoms with van der Waals surface area (Å²) >= 11 is 0. The van der Waals surface area contributed by atoms with Crippen molar-refractivity contribution in [3.63, 3.8) is 0 Å². The Morgan fingerprint density at radius 2 is 1.93 bits per heavy atom. The lowest BCUT2D eigenvalue weighted by atomic mass is 9.89. The molecule has 1 amide bonds. The van der Waals surface area contributed by atoms with E-state index in [1.807, 2.05) is 0 Å². The van der Waals surface area contributed by atoms with Crippen molar-refractivity contribution in [2.45, 2.75) is 52.9 Å². The third-order valence-corrected chi connectivity index (χ3v) is 2.27. The fourth-order valence-electron chi connectivity index (χ4n) is 1.39. The Labute approximate surface area is 94.1 Å². The maximum atomic E-state index is 11.2. The molecule has 0 aliphatic carbocycles. The van der Waals surface area contributed by atoms with Crippen molar-refractivity contribution in [3.8, 4) is 0 Å². The molecule has 0 bridgehead atoms. The SMILES string of the molecule is C=CCNC(=O)CCCCCC(C)(C)C. The molecule has 0 saturated carbocycles. The van der Waals surface area contributed by atoms with Gasteiger partial charge in [-0.05, 0) is 18.3 Å². The predicted molar refractivity (Wildman–Crippen MR) is 65.7 cm³/mol. The van der Waals surface area contributed by atoms with Crippen molar-refractivity contribution in [2.24, 2.45) is 5.41 Å². The number of rotatable bonds is 7. The van der Waals surface area contributed by atoms with Crippen LogP contribution in [0.3, 0.4) is 0 Å². The molecule has 1 N–H and O–H groups in total. The molecule has 0 aromatic rings. The van der Waals surface area contributed by atoms with Crippen LogP contribution in [0.2, 0.25) is 0 Å². The Morgan fingerprint density at radius 3 is 2.47 bits per heavy atom. The van der Waals surface area contributed by atoms with E-state index in [4.69, 9.17) is 0 Å². The van der Waals surface area contributed by atoms with Crippen LogP contribution < -0.4 is 5.32 Å². The second-order valence-corrected chi connectivity index (χ2v) is 5.21. The van der Waals surface area contributed by atoms with Gasteiger partial charge < -0.3 is 5.32 Å². The van der Waals surface area contributed by atoms with Crippen LogP contribution in [0, 0.1) is 5.41 Å². The molecule has 88 valence electrons. The molecule has 0 aliphatic heterocycles. The molecule has 0 heterocycles. The quantitative estimate of drug-likeness (QED) is 0.508. The van der Waals surface area contributed by atoms with E-state index in [-0.39, 0.29) is 5.91 Å². The zero-order valence-corrected chi connectivity index (χ0v) is 10.4. The van der Waals surface area contributed by atoms with E-state index in [9.17, 15) is 4.79 Å². The van der Waals surface area contributed by atoms with Crippen molar-refractivity contribution < 1.29 is 4.79 Å². The molecule has 0 unspecified atom stereocenters. The lowest BCUT2D eigenvalue weighted by molar-refractivity contribution is -0.121. The molecule has 0 rings (SSSR count). The van der Waals surface area contributed by atoms with Gasteiger partial charge in [-0.2, -0.15) is 0 Å². The summed E-state index contributed by atoms with van der Waals surface area (Å²) in [5, 5.41) is 2.78. The van der Waals surface area contributed by atoms with Crippen molar-refractivity contribution >= 4 is 5.91 Å². The molecule has 0 saturated heterocycles. The van der Waals surface area contributed by atoms with Gasteiger partial charge in [-0.1, -0.05) is 39.7 Å². The average Bonchev–Trinajstić information content (AvgIpc) is 2.12. The Hall–Kier alpha value is -0.790. The molecule has 0 aliphatic rings. The molecule has 0 aromatic carbocycles. The summed E-state index contributed by atoms with van der Waals surface area (Å²) in [7, 11) is 0. The Bertz CT molecular complexity index is 191. The molecule has 2 nitrogen and oxygen atoms in total. The molecule has 0 atom stereocenters. The van der Waals surface area contributed by atoms with E-state index >= 15 is 0 Å². The van der Waals surface area contributed by atoms with Crippen LogP contribution in [0.1, 0.15) is 52.9 Å². The van der Waals surface area contributed by atoms with E-state index in [0.717, 1.165) is 12.8 Å². The average molecular weight is 211 g/mol. The Kier molecular flexibility index (Phi) is 7.10. The molecular formula is C13H25NO. The molecule has 0 aromatic heterocycles. The highest BCUT2D eigenvalue weighted by atomic mass is 16.1. The standard InChI is InChI=1S/C13H25NO/c1-5-11-14-12(15)9-7-6-8-10-13(2,3)4/h5H,1,6-11H2,2-4H3,(H,14,15). The minimum Gasteiger partial charge on any atom is -0.353 e. The van der Waals surface area contributed by atoms with Crippen molar-refractivity contribution in [2.75, 3.05) is 6.54 Å². The van der Waals surface area contributed by atoms with Crippen LogP contribution in [0.25, 0.3) is 0 Å². The summed E-state index contributed by atoms with van der Waals surface area (Å²) in [5.74, 6) is 0.144. The third-order valence-electron chi connectivity index (χ3n) is 2.27. The molecule has 0 radical (unpaired) electrons. The first-order valence-corrected chi connectivity index (χ1v) is 5.83. The first-order valence-electron chi connectivity index (χ1n) is 5.83. The van der Waals surface area contributed by atoms with Crippen LogP contribution >= 0.6 is 0 Å². The Balaban J connectivity index is 3.31. The normalized spacial score (nSPS) is 11.1. The van der Waals surface area contributed by atoms with Crippen LogP contribution in [-0.4, -0.2) is 12.5 Å². The maximum absolute atomic E-state index is 11.2. The van der Waals surface area contributed by atoms with E-state index < -0.39 is 0 Å². The highest BCUT2D eigenvalue weighted by molar-refractivity contribution is 5.75. The van der Waals surface area contributed by atoms with Gasteiger partial charge in [0.05, 0.1) is 0 Å². The number of carbonyl (C=O) groups is 1. The van der Waals surface area contributed by atoms with E-state index in [2.05, 4.69) is 32.7 Å². The fraction of sp³-hybridized carbons (Fsp3) is 0.769. The number of nitrogens with one attached hydrogen (secondary N) is 1. The van der Waals surface area contributed by atoms with Gasteiger partial charge in [-0.25, -0.2) is 0 Å². The van der Waals surface area contributed by atoms with E-state index in [1.54, 1.807) is 6.08 Å². The molecule has 2 heteroatoms. The number of hydrogen-bond acceptors (Lipinski definition) is 1. The summed E-state index contributed by atoms with van der Waals surface area (Å²) < 4.78 is 0. The van der Waals surface area contributed by atoms with Gasteiger partial charge in [0.1, 0.15) is 0 Å². The fourth-order valence-corrected chi connectivity index (χ4v) is 1.39. The van der Waals surface area contributed by atoms with Gasteiger partial charge in [0.25, 0.3) is 0 Å². The van der Waals surface area contributed by atoms with Gasteiger partial charge in [-0.15, -0.1) is 6.58 Å². The summed E-state index contributed by atoms with van der Waals surface area (Å²) in [5.41, 5.74) is 0.422. The number of carbonyl (C=O) groups excluding carboxylic acids is 1. The topological polar surface area (TPSA) is 29.1 Å². The van der Waals surface area contributed by atoms with Gasteiger partial charge >= 0.3 is 0 Å². The number of amides is 1. The van der Waals surface area contributed by atoms with Crippen LogP contribution in [0.5, 0.6) is 0 Å². The summed E-state index contributed by atoms with van der Waals surface area (Å²) in [6.45, 7) is 10.9. The molecule has 15 heavy (non-hydrogen) atoms. The van der Waals surface area contributed by atoms with Gasteiger partial charge in [0.15, 0.2) is 0 Å². The lowest BCUT2D eigenvalue weighted by Gasteiger charge is -2.17. The van der Waals surface area contributed by atoms with Gasteiger partial charge in [0, 0.05) is 13.0 Å². The maximum Gasteiger partial charge on any atom is 0.220 e. The number of unbranched alkanes of at least 4 members (excludes halogenated alkanes) is 2. The predicted octanol–water partition coefficient (Wildman–Crippen LogP) is 3.29. The van der Waals surface area contributed by atoms with Gasteiger partial charge in [-0.3, -0.25) is 4.79 Å². The van der Waals surface area contributed by atoms with Crippen LogP contribution in [0.4, 0.5) is 0 Å². The molecule has 0 fully saturated rings. The van der Waals surface area contributed by atoms with Crippen molar-refractivity contribution in [1.29, 1.82) is 0 Å². The zero-order valence-electron chi connectivity index (χ0n) is 10.4. The minimum atomic E-state index is 0.144. The lowest BCUT2D eigenvalue weighted by Crippen LogP contribution is -2.22. The highest BCUT2D eigenvalue weighted by Gasteiger charge is 2.09. The molecule has 0 spiro atoms. The van der Waals surface area contributed by atoms with Crippen molar-refractivity contribution in [3.05, 3.63) is 12.7 Å².